The van der Waals surface area contributed by atoms with E-state index in [0.717, 1.165) is 16.8 Å². The molecular formula is C22H20N2O3. The number of carbonyl (C=O) groups is 2. The van der Waals surface area contributed by atoms with Gasteiger partial charge in [-0.3, -0.25) is 4.79 Å². The number of amides is 1. The van der Waals surface area contributed by atoms with Crippen LogP contribution in [0.15, 0.2) is 66.7 Å². The molecule has 0 aliphatic carbocycles. The third-order valence-electron chi connectivity index (χ3n) is 4.12. The maximum Gasteiger partial charge on any atom is 0.355 e. The standard InChI is InChI=1S/C22H20N2O3/c1-15-20(16-9-5-3-6-10-16)18(21(23-15)22(26)27-2)13-14-19(25)24-17-11-7-4-8-12-17/h3-14,23H,1-2H3,(H,24,25)/b14-13+. The number of hydrogen-bond acceptors (Lipinski definition) is 3. The van der Waals surface area contributed by atoms with Crippen molar-refractivity contribution >= 4 is 23.6 Å². The maximum absolute atomic E-state index is 12.3. The molecule has 5 nitrogen and oxygen atoms in total. The Hall–Kier alpha value is -3.60. The van der Waals surface area contributed by atoms with Gasteiger partial charge in [0.15, 0.2) is 0 Å². The molecule has 136 valence electrons. The molecule has 2 aromatic carbocycles. The van der Waals surface area contributed by atoms with Crippen molar-refractivity contribution in [1.82, 2.24) is 4.98 Å². The number of rotatable bonds is 5. The van der Waals surface area contributed by atoms with Gasteiger partial charge in [0.2, 0.25) is 5.91 Å². The van der Waals surface area contributed by atoms with Crippen LogP contribution in [0.4, 0.5) is 5.69 Å². The Bertz CT molecular complexity index is 974. The zero-order chi connectivity index (χ0) is 19.2. The van der Waals surface area contributed by atoms with E-state index in [1.165, 1.54) is 13.2 Å². The van der Waals surface area contributed by atoms with Crippen LogP contribution in [-0.2, 0) is 9.53 Å². The number of benzene rings is 2. The highest BCUT2D eigenvalue weighted by molar-refractivity contribution is 6.04. The van der Waals surface area contributed by atoms with Crippen molar-refractivity contribution in [2.24, 2.45) is 0 Å². The molecule has 0 spiro atoms. The molecule has 1 aromatic heterocycles. The second kappa shape index (κ2) is 8.19. The molecule has 0 fully saturated rings. The summed E-state index contributed by atoms with van der Waals surface area (Å²) in [4.78, 5) is 27.5. The summed E-state index contributed by atoms with van der Waals surface area (Å²) < 4.78 is 4.88. The fourth-order valence-corrected chi connectivity index (χ4v) is 2.92. The average molecular weight is 360 g/mol. The maximum atomic E-state index is 12.3. The van der Waals surface area contributed by atoms with Crippen molar-refractivity contribution in [2.75, 3.05) is 12.4 Å². The summed E-state index contributed by atoms with van der Waals surface area (Å²) in [5, 5.41) is 2.79. The predicted molar refractivity (Wildman–Crippen MR) is 106 cm³/mol. The van der Waals surface area contributed by atoms with Crippen LogP contribution in [-0.4, -0.2) is 24.0 Å². The summed E-state index contributed by atoms with van der Waals surface area (Å²) in [5.74, 6) is -0.765. The first kappa shape index (κ1) is 18.2. The number of carbonyl (C=O) groups excluding carboxylic acids is 2. The molecule has 0 aliphatic heterocycles. The van der Waals surface area contributed by atoms with Gasteiger partial charge in [-0.25, -0.2) is 4.79 Å². The van der Waals surface area contributed by atoms with E-state index < -0.39 is 5.97 Å². The van der Waals surface area contributed by atoms with Gasteiger partial charge in [-0.2, -0.15) is 0 Å². The number of anilines is 1. The van der Waals surface area contributed by atoms with Crippen molar-refractivity contribution in [3.63, 3.8) is 0 Å². The molecule has 0 radical (unpaired) electrons. The minimum Gasteiger partial charge on any atom is -0.464 e. The average Bonchev–Trinajstić information content (AvgIpc) is 3.03. The molecule has 5 heteroatoms. The Kier molecular flexibility index (Phi) is 5.52. The normalized spacial score (nSPS) is 10.7. The quantitative estimate of drug-likeness (QED) is 0.522. The van der Waals surface area contributed by atoms with Gasteiger partial charge in [-0.15, -0.1) is 0 Å². The van der Waals surface area contributed by atoms with E-state index >= 15 is 0 Å². The van der Waals surface area contributed by atoms with E-state index in [9.17, 15) is 9.59 Å². The number of nitrogens with one attached hydrogen (secondary N) is 2. The first-order chi connectivity index (χ1) is 13.1. The third kappa shape index (κ3) is 4.15. The van der Waals surface area contributed by atoms with E-state index in [1.807, 2.05) is 67.6 Å². The van der Waals surface area contributed by atoms with E-state index in [2.05, 4.69) is 10.3 Å². The molecule has 0 atom stereocenters. The lowest BCUT2D eigenvalue weighted by atomic mass is 10.00. The molecular weight excluding hydrogens is 340 g/mol. The van der Waals surface area contributed by atoms with Crippen molar-refractivity contribution in [1.29, 1.82) is 0 Å². The number of aromatic amines is 1. The topological polar surface area (TPSA) is 71.2 Å². The molecule has 3 aromatic rings. The second-order valence-corrected chi connectivity index (χ2v) is 5.96. The fraction of sp³-hybridized carbons (Fsp3) is 0.0909. The fourth-order valence-electron chi connectivity index (χ4n) is 2.92. The molecule has 27 heavy (non-hydrogen) atoms. The third-order valence-corrected chi connectivity index (χ3v) is 4.12. The van der Waals surface area contributed by atoms with Crippen LogP contribution >= 0.6 is 0 Å². The van der Waals surface area contributed by atoms with Crippen LogP contribution in [0.5, 0.6) is 0 Å². The minimum atomic E-state index is -0.483. The summed E-state index contributed by atoms with van der Waals surface area (Å²) in [6.45, 7) is 1.89. The number of para-hydroxylation sites is 1. The van der Waals surface area contributed by atoms with Crippen LogP contribution in [0, 0.1) is 6.92 Å². The van der Waals surface area contributed by atoms with Gasteiger partial charge < -0.3 is 15.0 Å². The highest BCUT2D eigenvalue weighted by Gasteiger charge is 2.20. The number of H-pyrrole nitrogens is 1. The van der Waals surface area contributed by atoms with Crippen LogP contribution in [0.25, 0.3) is 17.2 Å². The van der Waals surface area contributed by atoms with Gasteiger partial charge in [0.1, 0.15) is 5.69 Å². The lowest BCUT2D eigenvalue weighted by Crippen LogP contribution is -2.08. The van der Waals surface area contributed by atoms with Gasteiger partial charge >= 0.3 is 5.97 Å². The summed E-state index contributed by atoms with van der Waals surface area (Å²) in [6, 6.07) is 18.9. The molecule has 1 amide bonds. The van der Waals surface area contributed by atoms with Crippen LogP contribution in [0.3, 0.4) is 0 Å². The summed E-state index contributed by atoms with van der Waals surface area (Å²) in [5.41, 5.74) is 4.27. The lowest BCUT2D eigenvalue weighted by Gasteiger charge is -2.05. The van der Waals surface area contributed by atoms with Gasteiger partial charge in [-0.05, 0) is 30.7 Å². The number of hydrogen-bond donors (Lipinski definition) is 2. The van der Waals surface area contributed by atoms with E-state index in [1.54, 1.807) is 6.08 Å². The van der Waals surface area contributed by atoms with E-state index in [4.69, 9.17) is 4.74 Å². The van der Waals surface area contributed by atoms with Gasteiger partial charge in [-0.1, -0.05) is 48.5 Å². The number of esters is 1. The Labute approximate surface area is 157 Å². The smallest absolute Gasteiger partial charge is 0.355 e. The van der Waals surface area contributed by atoms with Gasteiger partial charge in [0, 0.05) is 28.6 Å². The molecule has 0 unspecified atom stereocenters. The predicted octanol–water partition coefficient (Wildman–Crippen LogP) is 4.43. The van der Waals surface area contributed by atoms with E-state index in [-0.39, 0.29) is 5.91 Å². The van der Waals surface area contributed by atoms with Crippen molar-refractivity contribution < 1.29 is 14.3 Å². The molecule has 0 saturated carbocycles. The number of methoxy groups -OCH3 is 1. The van der Waals surface area contributed by atoms with Crippen molar-refractivity contribution in [3.05, 3.63) is 83.7 Å². The molecule has 0 saturated heterocycles. The molecule has 0 aliphatic rings. The lowest BCUT2D eigenvalue weighted by molar-refractivity contribution is -0.111. The monoisotopic (exact) mass is 360 g/mol. The van der Waals surface area contributed by atoms with Crippen LogP contribution in [0.1, 0.15) is 21.7 Å². The summed E-state index contributed by atoms with van der Waals surface area (Å²) >= 11 is 0. The summed E-state index contributed by atoms with van der Waals surface area (Å²) in [7, 11) is 1.33. The zero-order valence-electron chi connectivity index (χ0n) is 15.2. The van der Waals surface area contributed by atoms with Gasteiger partial charge in [0.25, 0.3) is 0 Å². The largest absolute Gasteiger partial charge is 0.464 e. The number of ether oxygens (including phenoxy) is 1. The molecule has 2 N–H and O–H groups in total. The van der Waals surface area contributed by atoms with E-state index in [0.29, 0.717) is 16.9 Å². The SMILES string of the molecule is COC(=O)c1[nH]c(C)c(-c2ccccc2)c1/C=C/C(=O)Nc1ccccc1. The Morgan fingerprint density at radius 1 is 1.00 bits per heavy atom. The number of aryl methyl sites for hydroxylation is 1. The molecule has 0 bridgehead atoms. The second-order valence-electron chi connectivity index (χ2n) is 5.96. The van der Waals surface area contributed by atoms with Crippen LogP contribution in [0.2, 0.25) is 0 Å². The zero-order valence-corrected chi connectivity index (χ0v) is 15.2. The molecule has 3 rings (SSSR count). The number of aromatic nitrogens is 1. The Morgan fingerprint density at radius 3 is 2.26 bits per heavy atom. The first-order valence-corrected chi connectivity index (χ1v) is 8.50. The van der Waals surface area contributed by atoms with Crippen molar-refractivity contribution in [2.45, 2.75) is 6.92 Å². The van der Waals surface area contributed by atoms with Crippen LogP contribution < -0.4 is 5.32 Å². The highest BCUT2D eigenvalue weighted by atomic mass is 16.5. The first-order valence-electron chi connectivity index (χ1n) is 8.50. The Morgan fingerprint density at radius 2 is 1.63 bits per heavy atom. The van der Waals surface area contributed by atoms with Crippen molar-refractivity contribution in [3.8, 4) is 11.1 Å². The summed E-state index contributed by atoms with van der Waals surface area (Å²) in [6.07, 6.45) is 3.05. The Balaban J connectivity index is 1.97. The molecule has 1 heterocycles. The minimum absolute atomic E-state index is 0.283. The van der Waals surface area contributed by atoms with Gasteiger partial charge in [0.05, 0.1) is 7.11 Å². The highest BCUT2D eigenvalue weighted by Crippen LogP contribution is 2.31.